The van der Waals surface area contributed by atoms with Crippen LogP contribution in [0.4, 0.5) is 5.69 Å². The Morgan fingerprint density at radius 2 is 1.67 bits per heavy atom. The third-order valence-corrected chi connectivity index (χ3v) is 6.14. The predicted octanol–water partition coefficient (Wildman–Crippen LogP) is 5.00. The van der Waals surface area contributed by atoms with E-state index in [0.29, 0.717) is 18.1 Å². The molecule has 1 N–H and O–H groups in total. The van der Waals surface area contributed by atoms with E-state index >= 15 is 0 Å². The van der Waals surface area contributed by atoms with Crippen molar-refractivity contribution in [2.75, 3.05) is 11.4 Å². The number of anilines is 1. The van der Waals surface area contributed by atoms with Crippen molar-refractivity contribution in [2.24, 2.45) is 5.92 Å². The third-order valence-electron chi connectivity index (χ3n) is 6.14. The Balaban J connectivity index is 1.45. The van der Waals surface area contributed by atoms with Gasteiger partial charge in [0.1, 0.15) is 5.75 Å². The maximum absolute atomic E-state index is 11.8. The number of carbonyl (C=O) groups excluding carboxylic acids is 1. The van der Waals surface area contributed by atoms with Gasteiger partial charge in [0, 0.05) is 24.4 Å². The normalized spacial score (nSPS) is 21.4. The molecule has 2 aromatic rings. The number of rotatable bonds is 2. The molecule has 0 saturated carbocycles. The summed E-state index contributed by atoms with van der Waals surface area (Å²) in [5.74, 6) is 1.15. The summed E-state index contributed by atoms with van der Waals surface area (Å²) in [6.45, 7) is 1.01. The summed E-state index contributed by atoms with van der Waals surface area (Å²) in [4.78, 5) is 14.2. The fourth-order valence-electron chi connectivity index (χ4n) is 4.66. The Morgan fingerprint density at radius 1 is 0.889 bits per heavy atom. The molecule has 1 aliphatic heterocycles. The van der Waals surface area contributed by atoms with Crippen LogP contribution in [0.2, 0.25) is 0 Å². The van der Waals surface area contributed by atoms with Crippen molar-refractivity contribution in [1.29, 1.82) is 0 Å². The zero-order valence-electron chi connectivity index (χ0n) is 15.3. The summed E-state index contributed by atoms with van der Waals surface area (Å²) in [6, 6.07) is 14.0. The number of aromatic hydroxyl groups is 1. The Bertz CT molecular complexity index is 968. The van der Waals surface area contributed by atoms with E-state index in [2.05, 4.69) is 29.2 Å². The molecule has 2 aliphatic carbocycles. The topological polar surface area (TPSA) is 40.5 Å². The van der Waals surface area contributed by atoms with E-state index in [1.54, 1.807) is 12.1 Å². The average Bonchev–Trinajstić information content (AvgIpc) is 3.11. The number of phenolic OH excluding ortho intramolecular Hbond substituents is 1. The summed E-state index contributed by atoms with van der Waals surface area (Å²) >= 11 is 0. The van der Waals surface area contributed by atoms with Gasteiger partial charge in [-0.1, -0.05) is 18.2 Å². The molecule has 1 unspecified atom stereocenters. The van der Waals surface area contributed by atoms with Gasteiger partial charge in [0.25, 0.3) is 0 Å². The lowest BCUT2D eigenvalue weighted by Crippen LogP contribution is -2.25. The van der Waals surface area contributed by atoms with Crippen molar-refractivity contribution in [3.63, 3.8) is 0 Å². The summed E-state index contributed by atoms with van der Waals surface area (Å²) in [5.41, 5.74) is 7.57. The van der Waals surface area contributed by atoms with Crippen LogP contribution in [0, 0.1) is 5.92 Å². The lowest BCUT2D eigenvalue weighted by molar-refractivity contribution is -0.115. The molecule has 1 heterocycles. The highest BCUT2D eigenvalue weighted by atomic mass is 16.3. The smallest absolute Gasteiger partial charge is 0.155 e. The first-order valence-electron chi connectivity index (χ1n) is 9.82. The van der Waals surface area contributed by atoms with Gasteiger partial charge >= 0.3 is 0 Å². The standard InChI is InChI=1S/C24H23NO2/c26-22-7-2-16(3-8-22)18-5-10-24-19(13-18)11-12-25(24)21-6-1-17-4-9-23(27)15-20(17)14-21/h2-3,5,7-8,10,13-15,17,26H,1,4,6,9,11-12H2. The summed E-state index contributed by atoms with van der Waals surface area (Å²) < 4.78 is 0. The Labute approximate surface area is 159 Å². The molecule has 3 nitrogen and oxygen atoms in total. The summed E-state index contributed by atoms with van der Waals surface area (Å²) in [7, 11) is 0. The van der Waals surface area contributed by atoms with Gasteiger partial charge < -0.3 is 10.0 Å². The molecule has 0 aromatic heterocycles. The largest absolute Gasteiger partial charge is 0.508 e. The van der Waals surface area contributed by atoms with Crippen LogP contribution in [0.1, 0.15) is 31.2 Å². The molecular weight excluding hydrogens is 334 g/mol. The van der Waals surface area contributed by atoms with Crippen LogP contribution >= 0.6 is 0 Å². The van der Waals surface area contributed by atoms with Crippen molar-refractivity contribution in [1.82, 2.24) is 0 Å². The second-order valence-corrected chi connectivity index (χ2v) is 7.81. The molecule has 3 aliphatic rings. The molecule has 0 amide bonds. The van der Waals surface area contributed by atoms with Crippen LogP contribution in [0.25, 0.3) is 11.1 Å². The van der Waals surface area contributed by atoms with E-state index in [-0.39, 0.29) is 5.78 Å². The van der Waals surface area contributed by atoms with Crippen LogP contribution in [0.15, 0.2) is 65.9 Å². The molecular formula is C24H23NO2. The van der Waals surface area contributed by atoms with Gasteiger partial charge in [-0.05, 0) is 90.3 Å². The van der Waals surface area contributed by atoms with Crippen molar-refractivity contribution in [3.8, 4) is 16.9 Å². The highest BCUT2D eigenvalue weighted by Gasteiger charge is 2.29. The predicted molar refractivity (Wildman–Crippen MR) is 108 cm³/mol. The molecule has 2 aromatic carbocycles. The van der Waals surface area contributed by atoms with Crippen molar-refractivity contribution >= 4 is 11.5 Å². The van der Waals surface area contributed by atoms with Gasteiger partial charge in [0.05, 0.1) is 0 Å². The van der Waals surface area contributed by atoms with Crippen molar-refractivity contribution in [3.05, 3.63) is 71.5 Å². The van der Waals surface area contributed by atoms with Crippen molar-refractivity contribution in [2.45, 2.75) is 32.1 Å². The highest BCUT2D eigenvalue weighted by Crippen LogP contribution is 2.40. The fraction of sp³-hybridized carbons (Fsp3) is 0.292. The minimum absolute atomic E-state index is 0.277. The molecule has 3 heteroatoms. The lowest BCUT2D eigenvalue weighted by atomic mass is 9.79. The van der Waals surface area contributed by atoms with Crippen LogP contribution in [-0.4, -0.2) is 17.4 Å². The lowest BCUT2D eigenvalue weighted by Gasteiger charge is -2.32. The number of phenols is 1. The van der Waals surface area contributed by atoms with E-state index in [1.165, 1.54) is 28.1 Å². The van der Waals surface area contributed by atoms with Crippen LogP contribution in [0.3, 0.4) is 0 Å². The Hall–Kier alpha value is -2.81. The molecule has 27 heavy (non-hydrogen) atoms. The van der Waals surface area contributed by atoms with E-state index in [4.69, 9.17) is 0 Å². The van der Waals surface area contributed by atoms with Gasteiger partial charge in [-0.3, -0.25) is 4.79 Å². The zero-order valence-corrected chi connectivity index (χ0v) is 15.3. The minimum Gasteiger partial charge on any atom is -0.508 e. The van der Waals surface area contributed by atoms with Gasteiger partial charge in [0.2, 0.25) is 0 Å². The van der Waals surface area contributed by atoms with E-state index in [0.717, 1.165) is 37.8 Å². The average molecular weight is 357 g/mol. The van der Waals surface area contributed by atoms with Gasteiger partial charge in [0.15, 0.2) is 5.78 Å². The van der Waals surface area contributed by atoms with Crippen LogP contribution in [0.5, 0.6) is 5.75 Å². The third kappa shape index (κ3) is 2.97. The molecule has 5 rings (SSSR count). The van der Waals surface area contributed by atoms with Gasteiger partial charge in [-0.2, -0.15) is 0 Å². The summed E-state index contributed by atoms with van der Waals surface area (Å²) in [5, 5.41) is 9.50. The number of allylic oxidation sites excluding steroid dienone is 4. The number of ketones is 1. The first kappa shape index (κ1) is 16.4. The SMILES string of the molecule is O=C1C=C2C=C(N3CCc4cc(-c5ccc(O)cc5)ccc43)CCC2CC1. The first-order chi connectivity index (χ1) is 13.2. The zero-order chi connectivity index (χ0) is 18.4. The van der Waals surface area contributed by atoms with E-state index in [9.17, 15) is 9.90 Å². The monoisotopic (exact) mass is 357 g/mol. The van der Waals surface area contributed by atoms with Crippen LogP contribution in [-0.2, 0) is 11.2 Å². The molecule has 0 saturated heterocycles. The first-order valence-corrected chi connectivity index (χ1v) is 9.82. The second kappa shape index (κ2) is 6.41. The van der Waals surface area contributed by atoms with Crippen molar-refractivity contribution < 1.29 is 9.90 Å². The molecule has 0 radical (unpaired) electrons. The van der Waals surface area contributed by atoms with E-state index < -0.39 is 0 Å². The number of hydrogen-bond donors (Lipinski definition) is 1. The molecule has 0 fully saturated rings. The maximum Gasteiger partial charge on any atom is 0.155 e. The number of hydrogen-bond acceptors (Lipinski definition) is 3. The summed E-state index contributed by atoms with van der Waals surface area (Å²) in [6.07, 6.45) is 9.16. The molecule has 0 spiro atoms. The maximum atomic E-state index is 11.8. The minimum atomic E-state index is 0.277. The van der Waals surface area contributed by atoms with Crippen LogP contribution < -0.4 is 4.90 Å². The van der Waals surface area contributed by atoms with Gasteiger partial charge in [-0.15, -0.1) is 0 Å². The molecule has 1 atom stereocenters. The fourth-order valence-corrected chi connectivity index (χ4v) is 4.66. The van der Waals surface area contributed by atoms with E-state index in [1.807, 2.05) is 18.2 Å². The molecule has 0 bridgehead atoms. The molecule has 136 valence electrons. The number of fused-ring (bicyclic) bond motifs is 2. The highest BCUT2D eigenvalue weighted by molar-refractivity contribution is 5.92. The Kier molecular flexibility index (Phi) is 3.89. The Morgan fingerprint density at radius 3 is 2.52 bits per heavy atom. The number of benzene rings is 2. The quantitative estimate of drug-likeness (QED) is 0.822. The van der Waals surface area contributed by atoms with Gasteiger partial charge in [-0.25, -0.2) is 0 Å². The number of nitrogens with zero attached hydrogens (tertiary/aromatic N) is 1. The number of carbonyl (C=O) groups is 1. The second-order valence-electron chi connectivity index (χ2n) is 7.81.